The summed E-state index contributed by atoms with van der Waals surface area (Å²) in [6, 6.07) is 12.0. The Balaban J connectivity index is 2.07. The summed E-state index contributed by atoms with van der Waals surface area (Å²) in [6.45, 7) is 3.78. The molecule has 0 aromatic heterocycles. The number of amides is 1. The standard InChI is InChI=1S/C19H18ClNO3S/c1-13-4-3-5-15(10-13)19(22)21(17-8-9-25(23,24)12-17)16-7-6-14(2)18(20)11-16/h3-11,17H,12H2,1-2H3. The van der Waals surface area contributed by atoms with Gasteiger partial charge in [-0.05, 0) is 49.8 Å². The lowest BCUT2D eigenvalue weighted by molar-refractivity contribution is 0.0983. The summed E-state index contributed by atoms with van der Waals surface area (Å²) in [5, 5.41) is 1.70. The molecule has 0 radical (unpaired) electrons. The number of anilines is 1. The summed E-state index contributed by atoms with van der Waals surface area (Å²) < 4.78 is 23.7. The molecule has 0 aliphatic carbocycles. The van der Waals surface area contributed by atoms with E-state index in [1.54, 1.807) is 30.3 Å². The molecule has 25 heavy (non-hydrogen) atoms. The lowest BCUT2D eigenvalue weighted by Gasteiger charge is -2.28. The van der Waals surface area contributed by atoms with E-state index in [0.717, 1.165) is 11.1 Å². The molecule has 1 aliphatic heterocycles. The Hall–Kier alpha value is -2.11. The second kappa shape index (κ2) is 6.65. The van der Waals surface area contributed by atoms with E-state index in [-0.39, 0.29) is 11.7 Å². The highest BCUT2D eigenvalue weighted by molar-refractivity contribution is 7.94. The van der Waals surface area contributed by atoms with Gasteiger partial charge in [-0.1, -0.05) is 35.4 Å². The normalized spacial score (nSPS) is 18.3. The minimum Gasteiger partial charge on any atom is -0.300 e. The molecule has 0 N–H and O–H groups in total. The van der Waals surface area contributed by atoms with Crippen LogP contribution in [0.5, 0.6) is 0 Å². The first-order chi connectivity index (χ1) is 11.8. The molecule has 2 aromatic rings. The van der Waals surface area contributed by atoms with Crippen molar-refractivity contribution in [2.45, 2.75) is 19.9 Å². The van der Waals surface area contributed by atoms with Crippen LogP contribution in [0.1, 0.15) is 21.5 Å². The molecular formula is C19H18ClNO3S. The van der Waals surface area contributed by atoms with Crippen LogP contribution in [-0.2, 0) is 9.84 Å². The van der Waals surface area contributed by atoms with Crippen LogP contribution in [0.2, 0.25) is 5.02 Å². The highest BCUT2D eigenvalue weighted by Crippen LogP contribution is 2.29. The average Bonchev–Trinajstić information content (AvgIpc) is 2.90. The molecule has 4 nitrogen and oxygen atoms in total. The average molecular weight is 376 g/mol. The molecule has 2 aromatic carbocycles. The first-order valence-corrected chi connectivity index (χ1v) is 9.93. The zero-order chi connectivity index (χ0) is 18.2. The molecule has 3 rings (SSSR count). The largest absolute Gasteiger partial charge is 0.300 e. The summed E-state index contributed by atoms with van der Waals surface area (Å²) in [4.78, 5) is 14.6. The number of hydrogen-bond acceptors (Lipinski definition) is 3. The van der Waals surface area contributed by atoms with Gasteiger partial charge in [-0.25, -0.2) is 8.42 Å². The van der Waals surface area contributed by atoms with Crippen LogP contribution in [0.3, 0.4) is 0 Å². The summed E-state index contributed by atoms with van der Waals surface area (Å²) in [7, 11) is -3.30. The van der Waals surface area contributed by atoms with Crippen molar-refractivity contribution in [1.82, 2.24) is 0 Å². The maximum atomic E-state index is 13.1. The summed E-state index contributed by atoms with van der Waals surface area (Å²) in [6.07, 6.45) is 1.55. The third-order valence-electron chi connectivity index (χ3n) is 4.16. The Morgan fingerprint density at radius 3 is 2.52 bits per heavy atom. The molecule has 1 amide bonds. The lowest BCUT2D eigenvalue weighted by atomic mass is 10.1. The molecular weight excluding hydrogens is 358 g/mol. The van der Waals surface area contributed by atoms with Gasteiger partial charge in [0.15, 0.2) is 9.84 Å². The molecule has 1 aliphatic rings. The maximum absolute atomic E-state index is 13.1. The third kappa shape index (κ3) is 3.78. The van der Waals surface area contributed by atoms with Gasteiger partial charge in [-0.2, -0.15) is 0 Å². The number of nitrogens with zero attached hydrogens (tertiary/aromatic N) is 1. The number of benzene rings is 2. The van der Waals surface area contributed by atoms with E-state index in [1.165, 1.54) is 10.3 Å². The number of halogens is 1. The van der Waals surface area contributed by atoms with Crippen molar-refractivity contribution in [3.63, 3.8) is 0 Å². The predicted octanol–water partition coefficient (Wildman–Crippen LogP) is 3.91. The predicted molar refractivity (Wildman–Crippen MR) is 101 cm³/mol. The van der Waals surface area contributed by atoms with Gasteiger partial charge in [-0.15, -0.1) is 0 Å². The van der Waals surface area contributed by atoms with Crippen LogP contribution >= 0.6 is 11.6 Å². The molecule has 0 saturated heterocycles. The van der Waals surface area contributed by atoms with E-state index < -0.39 is 15.9 Å². The molecule has 130 valence electrons. The van der Waals surface area contributed by atoms with Gasteiger partial charge in [0.2, 0.25) is 0 Å². The van der Waals surface area contributed by atoms with Crippen molar-refractivity contribution < 1.29 is 13.2 Å². The summed E-state index contributed by atoms with van der Waals surface area (Å²) in [5.74, 6) is -0.383. The van der Waals surface area contributed by atoms with Crippen LogP contribution in [0.4, 0.5) is 5.69 Å². The van der Waals surface area contributed by atoms with Gasteiger partial charge < -0.3 is 4.90 Å². The lowest BCUT2D eigenvalue weighted by Crippen LogP contribution is -2.41. The SMILES string of the molecule is Cc1cccc(C(=O)N(c2ccc(C)c(Cl)c2)C2C=CS(=O)(=O)C2)c1. The summed E-state index contributed by atoms with van der Waals surface area (Å²) in [5.41, 5.74) is 2.94. The van der Waals surface area contributed by atoms with E-state index >= 15 is 0 Å². The number of rotatable bonds is 3. The fourth-order valence-electron chi connectivity index (χ4n) is 2.83. The van der Waals surface area contributed by atoms with Gasteiger partial charge in [-0.3, -0.25) is 4.79 Å². The maximum Gasteiger partial charge on any atom is 0.258 e. The first kappa shape index (κ1) is 17.7. The van der Waals surface area contributed by atoms with E-state index in [0.29, 0.717) is 16.3 Å². The fraction of sp³-hybridized carbons (Fsp3) is 0.211. The zero-order valence-corrected chi connectivity index (χ0v) is 15.5. The smallest absolute Gasteiger partial charge is 0.258 e. The Morgan fingerprint density at radius 1 is 1.16 bits per heavy atom. The number of sulfone groups is 1. The minimum atomic E-state index is -3.30. The Morgan fingerprint density at radius 2 is 1.92 bits per heavy atom. The Kier molecular flexibility index (Phi) is 4.71. The first-order valence-electron chi connectivity index (χ1n) is 7.84. The van der Waals surface area contributed by atoms with Crippen LogP contribution in [0.25, 0.3) is 0 Å². The number of carbonyl (C=O) groups excluding carboxylic acids is 1. The molecule has 6 heteroatoms. The number of hydrogen-bond donors (Lipinski definition) is 0. The topological polar surface area (TPSA) is 54.5 Å². The van der Waals surface area contributed by atoms with Crippen LogP contribution in [0.15, 0.2) is 53.9 Å². The van der Waals surface area contributed by atoms with Crippen molar-refractivity contribution in [3.05, 3.63) is 75.7 Å². The van der Waals surface area contributed by atoms with Gasteiger partial charge in [0.25, 0.3) is 5.91 Å². The molecule has 1 atom stereocenters. The van der Waals surface area contributed by atoms with Crippen LogP contribution < -0.4 is 4.90 Å². The van der Waals surface area contributed by atoms with Crippen molar-refractivity contribution in [2.75, 3.05) is 10.7 Å². The summed E-state index contributed by atoms with van der Waals surface area (Å²) >= 11 is 6.22. The Labute approximate surface area is 152 Å². The van der Waals surface area contributed by atoms with Crippen molar-refractivity contribution in [2.24, 2.45) is 0 Å². The van der Waals surface area contributed by atoms with Crippen molar-refractivity contribution in [1.29, 1.82) is 0 Å². The quantitative estimate of drug-likeness (QED) is 0.817. The number of carbonyl (C=O) groups is 1. The van der Waals surface area contributed by atoms with E-state index in [9.17, 15) is 13.2 Å². The monoisotopic (exact) mass is 375 g/mol. The molecule has 1 unspecified atom stereocenters. The zero-order valence-electron chi connectivity index (χ0n) is 13.9. The molecule has 0 bridgehead atoms. The molecule has 1 heterocycles. The van der Waals surface area contributed by atoms with Crippen molar-refractivity contribution in [3.8, 4) is 0 Å². The van der Waals surface area contributed by atoms with Gasteiger partial charge in [0, 0.05) is 21.7 Å². The van der Waals surface area contributed by atoms with Gasteiger partial charge >= 0.3 is 0 Å². The molecule has 0 saturated carbocycles. The van der Waals surface area contributed by atoms with E-state index in [4.69, 9.17) is 11.6 Å². The van der Waals surface area contributed by atoms with Crippen molar-refractivity contribution >= 4 is 33.0 Å². The van der Waals surface area contributed by atoms with Crippen LogP contribution in [-0.4, -0.2) is 26.1 Å². The molecule has 0 fully saturated rings. The second-order valence-corrected chi connectivity index (χ2v) is 8.54. The number of aryl methyl sites for hydroxylation is 2. The second-order valence-electron chi connectivity index (χ2n) is 6.20. The van der Waals surface area contributed by atoms with Gasteiger partial charge in [0.1, 0.15) is 0 Å². The minimum absolute atomic E-state index is 0.129. The van der Waals surface area contributed by atoms with E-state index in [1.807, 2.05) is 32.0 Å². The highest BCUT2D eigenvalue weighted by atomic mass is 35.5. The van der Waals surface area contributed by atoms with E-state index in [2.05, 4.69) is 0 Å². The fourth-order valence-corrected chi connectivity index (χ4v) is 4.27. The molecule has 0 spiro atoms. The van der Waals surface area contributed by atoms with Gasteiger partial charge in [0.05, 0.1) is 11.8 Å². The highest BCUT2D eigenvalue weighted by Gasteiger charge is 2.32. The van der Waals surface area contributed by atoms with Crippen LogP contribution in [0, 0.1) is 13.8 Å². The third-order valence-corrected chi connectivity index (χ3v) is 5.95. The Bertz CT molecular complexity index is 966.